The van der Waals surface area contributed by atoms with Crippen LogP contribution >= 0.6 is 0 Å². The van der Waals surface area contributed by atoms with E-state index in [0.29, 0.717) is 12.8 Å². The van der Waals surface area contributed by atoms with Gasteiger partial charge in [0.25, 0.3) is 11.5 Å². The van der Waals surface area contributed by atoms with Gasteiger partial charge in [0, 0.05) is 57.5 Å². The van der Waals surface area contributed by atoms with Crippen LogP contribution in [0.2, 0.25) is 0 Å². The van der Waals surface area contributed by atoms with E-state index in [1.54, 1.807) is 6.07 Å². The molecule has 2 atom stereocenters. The van der Waals surface area contributed by atoms with Crippen LogP contribution in [-0.4, -0.2) is 57.3 Å². The first kappa shape index (κ1) is 29.1. The highest BCUT2D eigenvalue weighted by Crippen LogP contribution is 2.51. The summed E-state index contributed by atoms with van der Waals surface area (Å²) in [6.45, 7) is 2.92. The third-order valence-corrected chi connectivity index (χ3v) is 9.11. The fraction of sp³-hybridized carbons (Fsp3) is 0.424. The summed E-state index contributed by atoms with van der Waals surface area (Å²) in [5.41, 5.74) is 0.269. The highest BCUT2D eigenvalue weighted by Gasteiger charge is 2.64. The molecule has 0 radical (unpaired) electrons. The predicted molar refractivity (Wildman–Crippen MR) is 155 cm³/mol. The second kappa shape index (κ2) is 11.9. The number of hydrogen-bond donors (Lipinski definition) is 1. The molecule has 3 aromatic carbocycles. The number of ether oxygens (including phenoxy) is 1. The van der Waals surface area contributed by atoms with Crippen molar-refractivity contribution in [3.8, 4) is 0 Å². The fourth-order valence-corrected chi connectivity index (χ4v) is 6.86. The molecule has 2 saturated heterocycles. The highest BCUT2D eigenvalue weighted by molar-refractivity contribution is 5.88. The van der Waals surface area contributed by atoms with Gasteiger partial charge in [0.1, 0.15) is 0 Å². The molecule has 0 aromatic heterocycles. The number of piperidine rings is 2. The van der Waals surface area contributed by atoms with Gasteiger partial charge in [-0.2, -0.15) is 13.2 Å². The standard InChI is InChI=1S/C33H38F3N3O2/c1-38(24-25-11-5-3-6-12-25)29-16-10-9-15-27(29)28-23-37-20-17-31(28)18-21-39(22-19-31)30(40)32(41-2,33(34,35)36)26-13-7-4-8-14-26/h3-16,28,37H,17-24H2,1-2H3/t28-,32-/m1/s1. The normalized spacial score (nSPS) is 20.4. The first-order chi connectivity index (χ1) is 19.7. The van der Waals surface area contributed by atoms with Gasteiger partial charge in [0.2, 0.25) is 0 Å². The molecule has 2 aliphatic rings. The minimum Gasteiger partial charge on any atom is -0.370 e. The van der Waals surface area contributed by atoms with Gasteiger partial charge in [-0.3, -0.25) is 4.79 Å². The van der Waals surface area contributed by atoms with Gasteiger partial charge in [-0.1, -0.05) is 78.9 Å². The Morgan fingerprint density at radius 2 is 1.56 bits per heavy atom. The van der Waals surface area contributed by atoms with Crippen LogP contribution in [0, 0.1) is 5.41 Å². The first-order valence-electron chi connectivity index (χ1n) is 14.2. The summed E-state index contributed by atoms with van der Waals surface area (Å²) in [7, 11) is 3.07. The highest BCUT2D eigenvalue weighted by atomic mass is 19.4. The summed E-state index contributed by atoms with van der Waals surface area (Å²) < 4.78 is 48.9. The summed E-state index contributed by atoms with van der Waals surface area (Å²) in [4.78, 5) is 17.3. The van der Waals surface area contributed by atoms with Gasteiger partial charge >= 0.3 is 6.18 Å². The lowest BCUT2D eigenvalue weighted by Gasteiger charge is -2.51. The minimum absolute atomic E-state index is 0.119. The molecule has 0 aliphatic carbocycles. The number of nitrogens with zero attached hydrogens (tertiary/aromatic N) is 2. The number of alkyl halides is 3. The molecule has 2 fully saturated rings. The van der Waals surface area contributed by atoms with E-state index >= 15 is 0 Å². The maximum atomic E-state index is 14.6. The van der Waals surface area contributed by atoms with Crippen LogP contribution in [0.25, 0.3) is 0 Å². The molecule has 0 bridgehead atoms. The van der Waals surface area contributed by atoms with Crippen LogP contribution in [0.5, 0.6) is 0 Å². The monoisotopic (exact) mass is 565 g/mol. The Hall–Kier alpha value is -3.36. The molecular weight excluding hydrogens is 527 g/mol. The molecule has 8 heteroatoms. The molecule has 5 nitrogen and oxygen atoms in total. The molecule has 0 saturated carbocycles. The van der Waals surface area contributed by atoms with E-state index in [9.17, 15) is 18.0 Å². The molecule has 1 amide bonds. The number of carbonyl (C=O) groups is 1. The Morgan fingerprint density at radius 1 is 0.951 bits per heavy atom. The maximum Gasteiger partial charge on any atom is 0.430 e. The Morgan fingerprint density at radius 3 is 2.20 bits per heavy atom. The number of benzene rings is 3. The molecular formula is C33H38F3N3O2. The number of para-hydroxylation sites is 1. The van der Waals surface area contributed by atoms with Gasteiger partial charge < -0.3 is 19.9 Å². The van der Waals surface area contributed by atoms with Gasteiger partial charge in [0.15, 0.2) is 0 Å². The third kappa shape index (κ3) is 5.47. The summed E-state index contributed by atoms with van der Waals surface area (Å²) in [5, 5.41) is 3.56. The minimum atomic E-state index is -4.91. The van der Waals surface area contributed by atoms with Crippen LogP contribution in [-0.2, 0) is 21.7 Å². The van der Waals surface area contributed by atoms with Crippen molar-refractivity contribution in [2.45, 2.75) is 43.5 Å². The third-order valence-electron chi connectivity index (χ3n) is 9.11. The molecule has 2 aliphatic heterocycles. The van der Waals surface area contributed by atoms with E-state index in [4.69, 9.17) is 4.74 Å². The molecule has 0 unspecified atom stereocenters. The summed E-state index contributed by atoms with van der Waals surface area (Å²) in [6, 6.07) is 26.0. The first-order valence-corrected chi connectivity index (χ1v) is 14.2. The number of hydrogen-bond acceptors (Lipinski definition) is 4. The molecule has 3 aromatic rings. The van der Waals surface area contributed by atoms with Crippen molar-refractivity contribution in [2.24, 2.45) is 5.41 Å². The largest absolute Gasteiger partial charge is 0.430 e. The van der Waals surface area contributed by atoms with Gasteiger partial charge in [-0.25, -0.2) is 0 Å². The smallest absolute Gasteiger partial charge is 0.370 e. The predicted octanol–water partition coefficient (Wildman–Crippen LogP) is 6.11. The van der Waals surface area contributed by atoms with Gasteiger partial charge in [-0.15, -0.1) is 0 Å². The number of methoxy groups -OCH3 is 1. The van der Waals surface area contributed by atoms with E-state index in [1.807, 2.05) is 18.2 Å². The lowest BCUT2D eigenvalue weighted by Crippen LogP contribution is -2.59. The average molecular weight is 566 g/mol. The Balaban J connectivity index is 1.40. The van der Waals surface area contributed by atoms with Crippen LogP contribution in [0.4, 0.5) is 18.9 Å². The van der Waals surface area contributed by atoms with Crippen molar-refractivity contribution >= 4 is 11.6 Å². The zero-order valence-electron chi connectivity index (χ0n) is 23.7. The van der Waals surface area contributed by atoms with Gasteiger partial charge in [-0.05, 0) is 48.4 Å². The molecule has 1 N–H and O–H groups in total. The molecule has 218 valence electrons. The van der Waals surface area contributed by atoms with Crippen LogP contribution < -0.4 is 10.2 Å². The molecule has 1 spiro atoms. The average Bonchev–Trinajstić information content (AvgIpc) is 2.99. The summed E-state index contributed by atoms with van der Waals surface area (Å²) in [6.07, 6.45) is -2.73. The van der Waals surface area contributed by atoms with Crippen molar-refractivity contribution in [1.29, 1.82) is 0 Å². The topological polar surface area (TPSA) is 44.8 Å². The van der Waals surface area contributed by atoms with Gasteiger partial charge in [0.05, 0.1) is 0 Å². The van der Waals surface area contributed by atoms with E-state index < -0.39 is 17.7 Å². The van der Waals surface area contributed by atoms with Crippen LogP contribution in [0.1, 0.15) is 41.9 Å². The van der Waals surface area contributed by atoms with E-state index in [0.717, 1.165) is 38.9 Å². The number of nitrogens with one attached hydrogen (secondary N) is 1. The maximum absolute atomic E-state index is 14.6. The number of halogens is 3. The Kier molecular flexibility index (Phi) is 8.43. The van der Waals surface area contributed by atoms with Crippen molar-refractivity contribution in [3.63, 3.8) is 0 Å². The van der Waals surface area contributed by atoms with Crippen molar-refractivity contribution in [1.82, 2.24) is 10.2 Å². The van der Waals surface area contributed by atoms with Crippen molar-refractivity contribution in [2.75, 3.05) is 45.2 Å². The Bertz CT molecular complexity index is 1310. The molecule has 41 heavy (non-hydrogen) atoms. The number of carbonyl (C=O) groups excluding carboxylic acids is 1. The zero-order valence-corrected chi connectivity index (χ0v) is 23.7. The number of likely N-dealkylation sites (tertiary alicyclic amines) is 1. The summed E-state index contributed by atoms with van der Waals surface area (Å²) in [5.74, 6) is -0.867. The van der Waals surface area contributed by atoms with Crippen LogP contribution in [0.15, 0.2) is 84.9 Å². The second-order valence-electron chi connectivity index (χ2n) is 11.3. The lowest BCUT2D eigenvalue weighted by atomic mass is 9.62. The van der Waals surface area contributed by atoms with Crippen LogP contribution in [0.3, 0.4) is 0 Å². The quantitative estimate of drug-likeness (QED) is 0.375. The molecule has 2 heterocycles. The van der Waals surface area contributed by atoms with Crippen molar-refractivity contribution < 1.29 is 22.7 Å². The second-order valence-corrected chi connectivity index (χ2v) is 11.3. The van der Waals surface area contributed by atoms with Crippen molar-refractivity contribution in [3.05, 3.63) is 102 Å². The molecule has 5 rings (SSSR count). The SMILES string of the molecule is CO[C@@](C(=O)N1CCC2(CCNC[C@@H]2c2ccccc2N(C)Cc2ccccc2)CC1)(c1ccccc1)C(F)(F)F. The number of anilines is 1. The van der Waals surface area contributed by atoms with E-state index in [-0.39, 0.29) is 30.0 Å². The number of amides is 1. The fourth-order valence-electron chi connectivity index (χ4n) is 6.86. The Labute approximate surface area is 240 Å². The van der Waals surface area contributed by atoms with E-state index in [1.165, 1.54) is 40.3 Å². The number of rotatable bonds is 7. The lowest BCUT2D eigenvalue weighted by molar-refractivity contribution is -0.271. The summed E-state index contributed by atoms with van der Waals surface area (Å²) >= 11 is 0. The zero-order chi connectivity index (χ0) is 29.1. The van der Waals surface area contributed by atoms with E-state index in [2.05, 4.69) is 53.7 Å².